The Morgan fingerprint density at radius 3 is 2.53 bits per heavy atom. The van der Waals surface area contributed by atoms with Gasteiger partial charge in [0, 0.05) is 16.8 Å². The lowest BCUT2D eigenvalue weighted by molar-refractivity contribution is -0.531. The first-order valence-corrected chi connectivity index (χ1v) is 7.00. The lowest BCUT2D eigenvalue weighted by atomic mass is 10.1. The van der Waals surface area contributed by atoms with Crippen LogP contribution in [0.15, 0.2) is 0 Å². The van der Waals surface area contributed by atoms with Crippen LogP contribution in [-0.2, 0) is 18.8 Å². The number of hydrogen-bond donors (Lipinski definition) is 0. The molecular formula is C9H13NO6S. The summed E-state index contributed by atoms with van der Waals surface area (Å²) < 4.78 is 32.2. The maximum atomic E-state index is 11.4. The van der Waals surface area contributed by atoms with E-state index in [1.165, 1.54) is 0 Å². The Bertz CT molecular complexity index is 462. The fourth-order valence-electron chi connectivity index (χ4n) is 3.78. The maximum Gasteiger partial charge on any atom is 0.400 e. The predicted octanol–water partition coefficient (Wildman–Crippen LogP) is 0.194. The van der Waals surface area contributed by atoms with Crippen molar-refractivity contribution in [2.24, 2.45) is 23.7 Å². The van der Waals surface area contributed by atoms with Crippen molar-refractivity contribution in [2.75, 3.05) is 6.61 Å². The Morgan fingerprint density at radius 2 is 2.06 bits per heavy atom. The highest BCUT2D eigenvalue weighted by atomic mass is 32.3. The van der Waals surface area contributed by atoms with Crippen molar-refractivity contribution in [1.29, 1.82) is 0 Å². The molecule has 0 heterocycles. The van der Waals surface area contributed by atoms with Gasteiger partial charge in [0.15, 0.2) is 0 Å². The minimum Gasteiger partial charge on any atom is -0.264 e. The van der Waals surface area contributed by atoms with Gasteiger partial charge in [0.25, 0.3) is 0 Å². The van der Waals surface area contributed by atoms with Crippen molar-refractivity contribution >= 4 is 10.4 Å². The zero-order valence-electron chi connectivity index (χ0n) is 9.18. The van der Waals surface area contributed by atoms with Gasteiger partial charge < -0.3 is 0 Å². The second-order valence-electron chi connectivity index (χ2n) is 4.87. The van der Waals surface area contributed by atoms with Crippen molar-refractivity contribution in [1.82, 2.24) is 0 Å². The SMILES string of the molecule is CCOS(=O)(=O)OC1C2C3[C@H]2C[C@H]1[C@H]3[N+](=O)[O-]. The summed E-state index contributed by atoms with van der Waals surface area (Å²) in [6.07, 6.45) is 0.171. The van der Waals surface area contributed by atoms with Crippen LogP contribution in [0.5, 0.6) is 0 Å². The first-order chi connectivity index (χ1) is 7.96. The predicted molar refractivity (Wildman–Crippen MR) is 54.8 cm³/mol. The second-order valence-corrected chi connectivity index (χ2v) is 6.11. The van der Waals surface area contributed by atoms with E-state index < -0.39 is 22.5 Å². The molecule has 0 amide bonds. The Labute approximate surface area is 98.6 Å². The molecule has 3 unspecified atom stereocenters. The summed E-state index contributed by atoms with van der Waals surface area (Å²) in [5.41, 5.74) is 0. The highest BCUT2D eigenvalue weighted by Crippen LogP contribution is 2.72. The number of hydrogen-bond acceptors (Lipinski definition) is 6. The van der Waals surface area contributed by atoms with Crippen LogP contribution in [0.1, 0.15) is 13.3 Å². The molecule has 4 fully saturated rings. The van der Waals surface area contributed by atoms with Gasteiger partial charge in [0.1, 0.15) is 0 Å². The van der Waals surface area contributed by atoms with Crippen LogP contribution in [0.2, 0.25) is 0 Å². The van der Waals surface area contributed by atoms with Crippen molar-refractivity contribution in [3.63, 3.8) is 0 Å². The van der Waals surface area contributed by atoms with Crippen LogP contribution in [0.3, 0.4) is 0 Å². The molecule has 8 heteroatoms. The Hall–Kier alpha value is -0.730. The normalized spacial score (nSPS) is 46.2. The Balaban J connectivity index is 1.75. The van der Waals surface area contributed by atoms with E-state index >= 15 is 0 Å². The van der Waals surface area contributed by atoms with E-state index in [-0.39, 0.29) is 35.2 Å². The summed E-state index contributed by atoms with van der Waals surface area (Å²) in [4.78, 5) is 10.6. The molecule has 4 aliphatic carbocycles. The monoisotopic (exact) mass is 263 g/mol. The van der Waals surface area contributed by atoms with Gasteiger partial charge in [-0.05, 0) is 19.3 Å². The lowest BCUT2D eigenvalue weighted by Crippen LogP contribution is -2.31. The summed E-state index contributed by atoms with van der Waals surface area (Å²) in [7, 11) is -4.00. The lowest BCUT2D eigenvalue weighted by Gasteiger charge is -2.15. The van der Waals surface area contributed by atoms with E-state index in [2.05, 4.69) is 4.18 Å². The van der Waals surface area contributed by atoms with Crippen LogP contribution in [-0.4, -0.2) is 32.1 Å². The molecule has 0 aromatic rings. The van der Waals surface area contributed by atoms with Gasteiger partial charge in [0.2, 0.25) is 6.04 Å². The molecule has 0 aliphatic heterocycles. The highest BCUT2D eigenvalue weighted by Gasteiger charge is 2.79. The van der Waals surface area contributed by atoms with E-state index in [0.717, 1.165) is 0 Å². The van der Waals surface area contributed by atoms with Gasteiger partial charge >= 0.3 is 10.4 Å². The second kappa shape index (κ2) is 3.39. The molecule has 4 bridgehead atoms. The molecule has 4 aliphatic rings. The van der Waals surface area contributed by atoms with Gasteiger partial charge in [-0.2, -0.15) is 8.42 Å². The minimum absolute atomic E-state index is 0.00983. The number of nitrogens with zero attached hydrogens (tertiary/aromatic N) is 1. The van der Waals surface area contributed by atoms with Gasteiger partial charge in [-0.25, -0.2) is 8.37 Å². The summed E-state index contributed by atoms with van der Waals surface area (Å²) in [5.74, 6) is 0.0971. The molecule has 4 saturated carbocycles. The van der Waals surface area contributed by atoms with Gasteiger partial charge in [0.05, 0.1) is 18.6 Å². The molecular weight excluding hydrogens is 250 g/mol. The molecule has 6 atom stereocenters. The molecule has 4 rings (SSSR count). The Kier molecular flexibility index (Phi) is 2.27. The fraction of sp³-hybridized carbons (Fsp3) is 1.00. The van der Waals surface area contributed by atoms with E-state index in [9.17, 15) is 18.5 Å². The molecule has 0 aromatic carbocycles. The maximum absolute atomic E-state index is 11.4. The zero-order valence-corrected chi connectivity index (χ0v) is 10.00. The van der Waals surface area contributed by atoms with Crippen LogP contribution >= 0.6 is 0 Å². The third kappa shape index (κ3) is 1.50. The average molecular weight is 263 g/mol. The quantitative estimate of drug-likeness (QED) is 0.519. The van der Waals surface area contributed by atoms with Crippen molar-refractivity contribution in [2.45, 2.75) is 25.5 Å². The summed E-state index contributed by atoms with van der Waals surface area (Å²) in [6.45, 7) is 1.56. The highest BCUT2D eigenvalue weighted by molar-refractivity contribution is 7.81. The molecule has 7 nitrogen and oxygen atoms in total. The van der Waals surface area contributed by atoms with Crippen LogP contribution in [0, 0.1) is 33.8 Å². The van der Waals surface area contributed by atoms with Crippen LogP contribution in [0.25, 0.3) is 0 Å². The minimum atomic E-state index is -4.00. The molecule has 96 valence electrons. The summed E-state index contributed by atoms with van der Waals surface area (Å²) in [5, 5.41) is 10.9. The molecule has 0 saturated heterocycles. The first kappa shape index (κ1) is 11.4. The summed E-state index contributed by atoms with van der Waals surface area (Å²) >= 11 is 0. The molecule has 0 N–H and O–H groups in total. The van der Waals surface area contributed by atoms with Crippen LogP contribution in [0.4, 0.5) is 0 Å². The van der Waals surface area contributed by atoms with E-state index in [1.54, 1.807) is 6.92 Å². The molecule has 0 spiro atoms. The topological polar surface area (TPSA) is 95.7 Å². The third-order valence-corrected chi connectivity index (χ3v) is 5.19. The smallest absolute Gasteiger partial charge is 0.264 e. The van der Waals surface area contributed by atoms with Crippen molar-refractivity contribution in [3.05, 3.63) is 10.1 Å². The first-order valence-electron chi connectivity index (χ1n) is 5.67. The molecule has 17 heavy (non-hydrogen) atoms. The standard InChI is InChI=1S/C9H13NO6S/c1-2-15-17(13,14)16-9-5-3-4-6(7(4)9)8(5)10(11)12/h4-9H,2-3H2,1H3/t4-,5+,6?,7?,8-,9?/m1/s1. The van der Waals surface area contributed by atoms with Crippen molar-refractivity contribution < 1.29 is 21.7 Å². The van der Waals surface area contributed by atoms with E-state index in [0.29, 0.717) is 6.42 Å². The average Bonchev–Trinajstić information content (AvgIpc) is 2.56. The third-order valence-electron chi connectivity index (χ3n) is 4.21. The van der Waals surface area contributed by atoms with E-state index in [4.69, 9.17) is 4.18 Å². The van der Waals surface area contributed by atoms with Crippen LogP contribution < -0.4 is 0 Å². The zero-order chi connectivity index (χ0) is 12.4. The van der Waals surface area contributed by atoms with Gasteiger partial charge in [-0.15, -0.1) is 0 Å². The fourth-order valence-corrected chi connectivity index (χ4v) is 4.67. The molecule has 0 radical (unpaired) electrons. The van der Waals surface area contributed by atoms with Gasteiger partial charge in [-0.1, -0.05) is 0 Å². The summed E-state index contributed by atoms with van der Waals surface area (Å²) in [6, 6.07) is -0.619. The number of nitro groups is 1. The van der Waals surface area contributed by atoms with Crippen molar-refractivity contribution in [3.8, 4) is 0 Å². The number of rotatable bonds is 5. The van der Waals surface area contributed by atoms with Gasteiger partial charge in [-0.3, -0.25) is 10.1 Å². The largest absolute Gasteiger partial charge is 0.400 e. The molecule has 0 aromatic heterocycles. The Morgan fingerprint density at radius 1 is 1.35 bits per heavy atom. The van der Waals surface area contributed by atoms with E-state index in [1.807, 2.05) is 0 Å².